The van der Waals surface area contributed by atoms with Crippen molar-refractivity contribution in [3.8, 4) is 12.3 Å². The largest absolute Gasteiger partial charge is 0.374 e. The van der Waals surface area contributed by atoms with Gasteiger partial charge in [-0.2, -0.15) is 5.10 Å². The zero-order valence-corrected chi connectivity index (χ0v) is 11.6. The molecule has 1 aliphatic carbocycles. The van der Waals surface area contributed by atoms with Crippen LogP contribution >= 0.6 is 0 Å². The van der Waals surface area contributed by atoms with E-state index in [0.29, 0.717) is 18.7 Å². The third-order valence-electron chi connectivity index (χ3n) is 3.41. The first kappa shape index (κ1) is 13.3. The lowest BCUT2D eigenvalue weighted by Crippen LogP contribution is -2.26. The van der Waals surface area contributed by atoms with Crippen LogP contribution in [0, 0.1) is 12.3 Å². The highest BCUT2D eigenvalue weighted by molar-refractivity contribution is 5.69. The zero-order valence-electron chi connectivity index (χ0n) is 11.6. The van der Waals surface area contributed by atoms with Crippen molar-refractivity contribution >= 4 is 5.70 Å². The van der Waals surface area contributed by atoms with Gasteiger partial charge in [0.2, 0.25) is 0 Å². The minimum atomic E-state index is -0.0222. The molecule has 21 heavy (non-hydrogen) atoms. The van der Waals surface area contributed by atoms with Crippen LogP contribution in [0.4, 0.5) is 0 Å². The van der Waals surface area contributed by atoms with Gasteiger partial charge in [0, 0.05) is 18.1 Å². The smallest absolute Gasteiger partial charge is 0.260 e. The SMILES string of the molecule is C#CCNC(=C1CC1)c1cccn(Cc2ccn[nH]2)c1=O. The Labute approximate surface area is 122 Å². The highest BCUT2D eigenvalue weighted by Gasteiger charge is 2.21. The molecule has 1 aliphatic rings. The molecule has 2 N–H and O–H groups in total. The Morgan fingerprint density at radius 3 is 3.00 bits per heavy atom. The Kier molecular flexibility index (Phi) is 3.61. The average molecular weight is 280 g/mol. The first-order valence-electron chi connectivity index (χ1n) is 6.87. The van der Waals surface area contributed by atoms with Crippen molar-refractivity contribution in [1.29, 1.82) is 0 Å². The van der Waals surface area contributed by atoms with Gasteiger partial charge in [-0.15, -0.1) is 6.42 Å². The molecule has 2 heterocycles. The number of nitrogens with zero attached hydrogens (tertiary/aromatic N) is 2. The number of nitrogens with one attached hydrogen (secondary N) is 2. The fraction of sp³-hybridized carbons (Fsp3) is 0.250. The molecule has 0 amide bonds. The number of terminal acetylenes is 1. The average Bonchev–Trinajstić information content (AvgIpc) is 3.20. The number of H-pyrrole nitrogens is 1. The maximum atomic E-state index is 12.6. The van der Waals surface area contributed by atoms with Gasteiger partial charge in [-0.1, -0.05) is 5.92 Å². The summed E-state index contributed by atoms with van der Waals surface area (Å²) in [5, 5.41) is 9.95. The summed E-state index contributed by atoms with van der Waals surface area (Å²) >= 11 is 0. The molecular weight excluding hydrogens is 264 g/mol. The summed E-state index contributed by atoms with van der Waals surface area (Å²) in [4.78, 5) is 12.6. The van der Waals surface area contributed by atoms with Crippen molar-refractivity contribution in [1.82, 2.24) is 20.1 Å². The number of rotatable bonds is 5. The van der Waals surface area contributed by atoms with Gasteiger partial charge in [0.15, 0.2) is 0 Å². The van der Waals surface area contributed by atoms with Gasteiger partial charge in [0.25, 0.3) is 5.56 Å². The Hall–Kier alpha value is -2.74. The Bertz CT molecular complexity index is 756. The first-order chi connectivity index (χ1) is 10.3. The molecule has 106 valence electrons. The highest BCUT2D eigenvalue weighted by Crippen LogP contribution is 2.33. The highest BCUT2D eigenvalue weighted by atomic mass is 16.1. The molecule has 0 spiro atoms. The van der Waals surface area contributed by atoms with Crippen LogP contribution < -0.4 is 10.9 Å². The van der Waals surface area contributed by atoms with Crippen LogP contribution in [0.15, 0.2) is 41.0 Å². The second-order valence-electron chi connectivity index (χ2n) is 4.97. The zero-order chi connectivity index (χ0) is 14.7. The number of aromatic amines is 1. The normalized spacial score (nSPS) is 12.8. The van der Waals surface area contributed by atoms with Gasteiger partial charge in [-0.3, -0.25) is 9.89 Å². The van der Waals surface area contributed by atoms with Crippen molar-refractivity contribution in [2.45, 2.75) is 19.4 Å². The van der Waals surface area contributed by atoms with Crippen LogP contribution in [0.3, 0.4) is 0 Å². The molecule has 0 unspecified atom stereocenters. The lowest BCUT2D eigenvalue weighted by Gasteiger charge is -2.11. The maximum absolute atomic E-state index is 12.6. The lowest BCUT2D eigenvalue weighted by atomic mass is 10.1. The minimum absolute atomic E-state index is 0.0222. The van der Waals surface area contributed by atoms with Crippen LogP contribution in [0.2, 0.25) is 0 Å². The molecule has 1 fully saturated rings. The monoisotopic (exact) mass is 280 g/mol. The summed E-state index contributed by atoms with van der Waals surface area (Å²) < 4.78 is 1.67. The van der Waals surface area contributed by atoms with Gasteiger partial charge in [-0.25, -0.2) is 0 Å². The van der Waals surface area contributed by atoms with Crippen LogP contribution in [-0.2, 0) is 6.54 Å². The second kappa shape index (κ2) is 5.71. The molecule has 2 aromatic heterocycles. The molecule has 0 aromatic carbocycles. The standard InChI is InChI=1S/C16H16N4O/c1-2-8-17-15(12-5-6-12)14-4-3-10-20(16(14)21)11-13-7-9-18-19-13/h1,3-4,7,9-10,17H,5-6,8,11H2,(H,18,19). The number of allylic oxidation sites excluding steroid dienone is 1. The van der Waals surface area contributed by atoms with Crippen LogP contribution in [0.1, 0.15) is 24.1 Å². The Balaban J connectivity index is 1.95. The fourth-order valence-electron chi connectivity index (χ4n) is 2.27. The van der Waals surface area contributed by atoms with Crippen molar-refractivity contribution in [3.63, 3.8) is 0 Å². The van der Waals surface area contributed by atoms with Crippen molar-refractivity contribution < 1.29 is 0 Å². The Morgan fingerprint density at radius 2 is 2.33 bits per heavy atom. The number of pyridine rings is 1. The van der Waals surface area contributed by atoms with Crippen LogP contribution in [-0.4, -0.2) is 21.3 Å². The van der Waals surface area contributed by atoms with Crippen molar-refractivity contribution in [3.05, 3.63) is 57.8 Å². The summed E-state index contributed by atoms with van der Waals surface area (Å²) in [6, 6.07) is 5.58. The lowest BCUT2D eigenvalue weighted by molar-refractivity contribution is 0.731. The summed E-state index contributed by atoms with van der Waals surface area (Å²) in [5.74, 6) is 2.55. The van der Waals surface area contributed by atoms with E-state index in [9.17, 15) is 4.79 Å². The molecule has 1 saturated carbocycles. The van der Waals surface area contributed by atoms with E-state index in [1.165, 1.54) is 5.57 Å². The predicted molar refractivity (Wildman–Crippen MR) is 81.4 cm³/mol. The molecule has 3 rings (SSSR count). The van der Waals surface area contributed by atoms with E-state index in [2.05, 4.69) is 21.4 Å². The molecule has 0 radical (unpaired) electrons. The summed E-state index contributed by atoms with van der Waals surface area (Å²) in [6.45, 7) is 0.901. The van der Waals surface area contributed by atoms with E-state index in [-0.39, 0.29) is 5.56 Å². The van der Waals surface area contributed by atoms with E-state index >= 15 is 0 Å². The van der Waals surface area contributed by atoms with E-state index in [0.717, 1.165) is 24.2 Å². The molecular formula is C16H16N4O. The second-order valence-corrected chi connectivity index (χ2v) is 4.97. The van der Waals surface area contributed by atoms with Gasteiger partial charge < -0.3 is 9.88 Å². The molecule has 0 saturated heterocycles. The molecule has 5 heteroatoms. The van der Waals surface area contributed by atoms with Gasteiger partial charge in [0.05, 0.1) is 24.3 Å². The molecule has 0 bridgehead atoms. The predicted octanol–water partition coefficient (Wildman–Crippen LogP) is 1.35. The van der Waals surface area contributed by atoms with Crippen LogP contribution in [0.5, 0.6) is 0 Å². The number of aromatic nitrogens is 3. The molecule has 5 nitrogen and oxygen atoms in total. The quantitative estimate of drug-likeness (QED) is 0.813. The Morgan fingerprint density at radius 1 is 1.48 bits per heavy atom. The first-order valence-corrected chi connectivity index (χ1v) is 6.87. The number of hydrogen-bond donors (Lipinski definition) is 2. The van der Waals surface area contributed by atoms with Gasteiger partial charge in [-0.05, 0) is 36.6 Å². The number of hydrogen-bond acceptors (Lipinski definition) is 3. The van der Waals surface area contributed by atoms with E-state index in [1.54, 1.807) is 17.0 Å². The summed E-state index contributed by atoms with van der Waals surface area (Å²) in [5.41, 5.74) is 3.72. The van der Waals surface area contributed by atoms with Crippen LogP contribution in [0.25, 0.3) is 5.70 Å². The third kappa shape index (κ3) is 2.90. The third-order valence-corrected chi connectivity index (χ3v) is 3.41. The molecule has 0 aliphatic heterocycles. The van der Waals surface area contributed by atoms with E-state index in [4.69, 9.17) is 6.42 Å². The van der Waals surface area contributed by atoms with Crippen molar-refractivity contribution in [2.75, 3.05) is 6.54 Å². The fourth-order valence-corrected chi connectivity index (χ4v) is 2.27. The summed E-state index contributed by atoms with van der Waals surface area (Å²) in [6.07, 6.45) is 10.8. The van der Waals surface area contributed by atoms with E-state index in [1.807, 2.05) is 18.2 Å². The summed E-state index contributed by atoms with van der Waals surface area (Å²) in [7, 11) is 0. The van der Waals surface area contributed by atoms with Gasteiger partial charge >= 0.3 is 0 Å². The van der Waals surface area contributed by atoms with E-state index < -0.39 is 0 Å². The topological polar surface area (TPSA) is 62.7 Å². The van der Waals surface area contributed by atoms with Gasteiger partial charge in [0.1, 0.15) is 0 Å². The minimum Gasteiger partial charge on any atom is -0.374 e. The molecule has 2 aromatic rings. The van der Waals surface area contributed by atoms with Crippen molar-refractivity contribution in [2.24, 2.45) is 0 Å². The maximum Gasteiger partial charge on any atom is 0.260 e. The molecule has 0 atom stereocenters.